The number of nitrogen functional groups attached to an aromatic ring is 1. The molecular formula is C16H24N2O3. The minimum Gasteiger partial charge on any atom is -0.493 e. The second-order valence-electron chi connectivity index (χ2n) is 5.57. The van der Waals surface area contributed by atoms with Gasteiger partial charge in [-0.2, -0.15) is 0 Å². The predicted octanol–water partition coefficient (Wildman–Crippen LogP) is 1.70. The summed E-state index contributed by atoms with van der Waals surface area (Å²) in [6.45, 7) is 0.469. The van der Waals surface area contributed by atoms with Crippen LogP contribution in [0.1, 0.15) is 32.1 Å². The van der Waals surface area contributed by atoms with Crippen LogP contribution >= 0.6 is 0 Å². The Kier molecular flexibility index (Phi) is 5.87. The fraction of sp³-hybridized carbons (Fsp3) is 0.562. The van der Waals surface area contributed by atoms with E-state index in [0.717, 1.165) is 25.7 Å². The molecule has 0 spiro atoms. The Morgan fingerprint density at radius 2 is 2.19 bits per heavy atom. The van der Waals surface area contributed by atoms with Crippen molar-refractivity contribution in [3.8, 4) is 5.75 Å². The lowest BCUT2D eigenvalue weighted by Gasteiger charge is -2.30. The van der Waals surface area contributed by atoms with Gasteiger partial charge in [0.05, 0.1) is 13.0 Å². The normalized spacial score (nSPS) is 21.8. The lowest BCUT2D eigenvalue weighted by molar-refractivity contribution is -0.123. The largest absolute Gasteiger partial charge is 0.493 e. The summed E-state index contributed by atoms with van der Waals surface area (Å²) >= 11 is 0. The number of hydrogen-bond acceptors (Lipinski definition) is 4. The highest BCUT2D eigenvalue weighted by molar-refractivity contribution is 5.76. The number of amides is 1. The Hall–Kier alpha value is -1.75. The lowest BCUT2D eigenvalue weighted by atomic mass is 9.85. The van der Waals surface area contributed by atoms with E-state index in [9.17, 15) is 9.90 Å². The van der Waals surface area contributed by atoms with E-state index in [4.69, 9.17) is 10.5 Å². The summed E-state index contributed by atoms with van der Waals surface area (Å²) in [4.78, 5) is 11.9. The Morgan fingerprint density at radius 3 is 2.95 bits per heavy atom. The molecule has 0 saturated heterocycles. The van der Waals surface area contributed by atoms with Crippen molar-refractivity contribution in [1.82, 2.24) is 5.32 Å². The fourth-order valence-electron chi connectivity index (χ4n) is 2.76. The maximum atomic E-state index is 11.9. The van der Waals surface area contributed by atoms with Crippen LogP contribution in [-0.4, -0.2) is 30.3 Å². The van der Waals surface area contributed by atoms with Crippen LogP contribution in [0.4, 0.5) is 5.69 Å². The van der Waals surface area contributed by atoms with E-state index in [2.05, 4.69) is 5.32 Å². The van der Waals surface area contributed by atoms with Crippen LogP contribution in [0.15, 0.2) is 24.3 Å². The third-order valence-corrected chi connectivity index (χ3v) is 3.95. The monoisotopic (exact) mass is 292 g/mol. The molecule has 4 N–H and O–H groups in total. The lowest BCUT2D eigenvalue weighted by Crippen LogP contribution is -2.43. The minimum absolute atomic E-state index is 0.0238. The molecule has 1 aromatic rings. The van der Waals surface area contributed by atoms with E-state index in [0.29, 0.717) is 24.5 Å². The molecule has 2 unspecified atom stereocenters. The number of nitrogens with two attached hydrogens (primary N) is 1. The second kappa shape index (κ2) is 7.88. The van der Waals surface area contributed by atoms with E-state index in [-0.39, 0.29) is 24.5 Å². The van der Waals surface area contributed by atoms with Gasteiger partial charge < -0.3 is 20.9 Å². The quantitative estimate of drug-likeness (QED) is 0.697. The molecule has 1 aliphatic rings. The molecular weight excluding hydrogens is 268 g/mol. The number of hydrogen-bond donors (Lipinski definition) is 3. The Bertz CT molecular complexity index is 465. The first kappa shape index (κ1) is 15.6. The zero-order valence-corrected chi connectivity index (χ0v) is 12.3. The SMILES string of the molecule is Nc1cccc(OCCC(=O)NC2CCCCC2CO)c1. The van der Waals surface area contributed by atoms with Crippen LogP contribution in [-0.2, 0) is 4.79 Å². The van der Waals surface area contributed by atoms with E-state index < -0.39 is 0 Å². The van der Waals surface area contributed by atoms with Gasteiger partial charge in [0.15, 0.2) is 0 Å². The van der Waals surface area contributed by atoms with Crippen molar-refractivity contribution in [2.45, 2.75) is 38.1 Å². The highest BCUT2D eigenvalue weighted by atomic mass is 16.5. The molecule has 5 nitrogen and oxygen atoms in total. The smallest absolute Gasteiger partial charge is 0.223 e. The molecule has 1 aromatic carbocycles. The third-order valence-electron chi connectivity index (χ3n) is 3.95. The Labute approximate surface area is 125 Å². The van der Waals surface area contributed by atoms with Crippen LogP contribution in [0, 0.1) is 5.92 Å². The number of carbonyl (C=O) groups excluding carboxylic acids is 1. The Balaban J connectivity index is 1.72. The fourth-order valence-corrected chi connectivity index (χ4v) is 2.76. The predicted molar refractivity (Wildman–Crippen MR) is 81.9 cm³/mol. The van der Waals surface area contributed by atoms with Crippen molar-refractivity contribution in [2.75, 3.05) is 18.9 Å². The molecule has 1 aliphatic carbocycles. The van der Waals surface area contributed by atoms with Crippen molar-refractivity contribution >= 4 is 11.6 Å². The van der Waals surface area contributed by atoms with Gasteiger partial charge in [0.2, 0.25) is 5.91 Å². The molecule has 0 aliphatic heterocycles. The van der Waals surface area contributed by atoms with Gasteiger partial charge >= 0.3 is 0 Å². The molecule has 1 saturated carbocycles. The van der Waals surface area contributed by atoms with E-state index in [1.807, 2.05) is 12.1 Å². The molecule has 1 amide bonds. The van der Waals surface area contributed by atoms with Gasteiger partial charge in [-0.05, 0) is 25.0 Å². The van der Waals surface area contributed by atoms with Crippen LogP contribution in [0.2, 0.25) is 0 Å². The van der Waals surface area contributed by atoms with Crippen LogP contribution < -0.4 is 15.8 Å². The highest BCUT2D eigenvalue weighted by Crippen LogP contribution is 2.24. The third kappa shape index (κ3) is 4.93. The minimum atomic E-state index is -0.0238. The van der Waals surface area contributed by atoms with E-state index in [1.54, 1.807) is 12.1 Å². The first-order valence-corrected chi connectivity index (χ1v) is 7.57. The average Bonchev–Trinajstić information content (AvgIpc) is 2.48. The van der Waals surface area contributed by atoms with Gasteiger partial charge in [-0.3, -0.25) is 4.79 Å². The van der Waals surface area contributed by atoms with Gasteiger partial charge in [-0.1, -0.05) is 18.9 Å². The summed E-state index contributed by atoms with van der Waals surface area (Å²) in [5, 5.41) is 12.4. The number of ether oxygens (including phenoxy) is 1. The summed E-state index contributed by atoms with van der Waals surface area (Å²) in [6.07, 6.45) is 4.50. The molecule has 0 heterocycles. The number of aliphatic hydroxyl groups excluding tert-OH is 1. The van der Waals surface area contributed by atoms with Crippen LogP contribution in [0.25, 0.3) is 0 Å². The van der Waals surface area contributed by atoms with Crippen molar-refractivity contribution in [3.63, 3.8) is 0 Å². The molecule has 2 rings (SSSR count). The van der Waals surface area contributed by atoms with E-state index >= 15 is 0 Å². The molecule has 0 bridgehead atoms. The number of nitrogens with one attached hydrogen (secondary N) is 1. The second-order valence-corrected chi connectivity index (χ2v) is 5.57. The van der Waals surface area contributed by atoms with Crippen molar-refractivity contribution < 1.29 is 14.6 Å². The van der Waals surface area contributed by atoms with Gasteiger partial charge in [0, 0.05) is 30.3 Å². The number of aliphatic hydroxyl groups is 1. The average molecular weight is 292 g/mol. The molecule has 116 valence electrons. The molecule has 2 atom stereocenters. The summed E-state index contributed by atoms with van der Waals surface area (Å²) in [5.74, 6) is 0.843. The van der Waals surface area contributed by atoms with Gasteiger partial charge in [-0.25, -0.2) is 0 Å². The van der Waals surface area contributed by atoms with Crippen LogP contribution in [0.3, 0.4) is 0 Å². The maximum Gasteiger partial charge on any atom is 0.223 e. The van der Waals surface area contributed by atoms with Crippen molar-refractivity contribution in [2.24, 2.45) is 5.92 Å². The van der Waals surface area contributed by atoms with E-state index in [1.165, 1.54) is 0 Å². The molecule has 5 heteroatoms. The number of rotatable bonds is 6. The standard InChI is InChI=1S/C16H24N2O3/c17-13-5-3-6-14(10-13)21-9-8-16(20)18-15-7-2-1-4-12(15)11-19/h3,5-6,10,12,15,19H,1-2,4,7-9,11,17H2,(H,18,20). The molecule has 21 heavy (non-hydrogen) atoms. The highest BCUT2D eigenvalue weighted by Gasteiger charge is 2.25. The van der Waals surface area contributed by atoms with Crippen molar-refractivity contribution in [3.05, 3.63) is 24.3 Å². The zero-order chi connectivity index (χ0) is 15.1. The number of anilines is 1. The topological polar surface area (TPSA) is 84.6 Å². The molecule has 0 aromatic heterocycles. The zero-order valence-electron chi connectivity index (χ0n) is 12.3. The summed E-state index contributed by atoms with van der Waals surface area (Å²) in [7, 11) is 0. The Morgan fingerprint density at radius 1 is 1.38 bits per heavy atom. The summed E-state index contributed by atoms with van der Waals surface area (Å²) in [6, 6.07) is 7.26. The summed E-state index contributed by atoms with van der Waals surface area (Å²) in [5.41, 5.74) is 6.30. The first-order valence-electron chi connectivity index (χ1n) is 7.57. The van der Waals surface area contributed by atoms with Gasteiger partial charge in [0.25, 0.3) is 0 Å². The number of benzene rings is 1. The van der Waals surface area contributed by atoms with Gasteiger partial charge in [-0.15, -0.1) is 0 Å². The van der Waals surface area contributed by atoms with Crippen molar-refractivity contribution in [1.29, 1.82) is 0 Å². The molecule has 1 fully saturated rings. The maximum absolute atomic E-state index is 11.9. The molecule has 0 radical (unpaired) electrons. The van der Waals surface area contributed by atoms with Gasteiger partial charge in [0.1, 0.15) is 5.75 Å². The van der Waals surface area contributed by atoms with Crippen LogP contribution in [0.5, 0.6) is 5.75 Å². The first-order chi connectivity index (χ1) is 10.2. The summed E-state index contributed by atoms with van der Waals surface area (Å²) < 4.78 is 5.51. The number of carbonyl (C=O) groups is 1.